The Morgan fingerprint density at radius 2 is 2.21 bits per heavy atom. The molecule has 1 aromatic carbocycles. The van der Waals surface area contributed by atoms with Crippen molar-refractivity contribution in [3.63, 3.8) is 0 Å². The van der Waals surface area contributed by atoms with E-state index in [0.29, 0.717) is 18.9 Å². The molecule has 0 radical (unpaired) electrons. The number of nitrogens with zero attached hydrogens (tertiary/aromatic N) is 1. The van der Waals surface area contributed by atoms with E-state index in [9.17, 15) is 9.90 Å². The molecule has 5 nitrogen and oxygen atoms in total. The minimum Gasteiger partial charge on any atom is -0.441 e. The van der Waals surface area contributed by atoms with Crippen LogP contribution in [0.4, 0.5) is 0 Å². The number of fused-ring (bicyclic) bond motifs is 1. The highest BCUT2D eigenvalue weighted by molar-refractivity contribution is 5.83. The molecule has 1 aromatic heterocycles. The van der Waals surface area contributed by atoms with E-state index in [4.69, 9.17) is 4.42 Å². The maximum atomic E-state index is 11.5. The van der Waals surface area contributed by atoms with Gasteiger partial charge in [0.05, 0.1) is 0 Å². The number of carbonyl (C=O) groups is 1. The van der Waals surface area contributed by atoms with E-state index >= 15 is 0 Å². The van der Waals surface area contributed by atoms with Crippen LogP contribution in [0, 0.1) is 6.92 Å². The van der Waals surface area contributed by atoms with E-state index in [1.807, 2.05) is 25.1 Å². The van der Waals surface area contributed by atoms with Gasteiger partial charge >= 0.3 is 0 Å². The molecule has 0 saturated heterocycles. The molecule has 0 aliphatic heterocycles. The Hall–Kier alpha value is -1.88. The van der Waals surface area contributed by atoms with Gasteiger partial charge in [-0.3, -0.25) is 4.79 Å². The van der Waals surface area contributed by atoms with Crippen molar-refractivity contribution in [2.45, 2.75) is 32.8 Å². The summed E-state index contributed by atoms with van der Waals surface area (Å²) < 4.78 is 5.45. The maximum Gasteiger partial charge on any atom is 0.251 e. The Morgan fingerprint density at radius 1 is 1.47 bits per heavy atom. The molecule has 102 valence electrons. The van der Waals surface area contributed by atoms with E-state index in [1.165, 1.54) is 13.8 Å². The number of oxazole rings is 1. The van der Waals surface area contributed by atoms with Crippen LogP contribution < -0.4 is 5.32 Å². The average Bonchev–Trinajstić information content (AvgIpc) is 2.67. The van der Waals surface area contributed by atoms with Crippen molar-refractivity contribution >= 4 is 17.0 Å². The minimum atomic E-state index is -1.34. The molecule has 0 fully saturated rings. The zero-order chi connectivity index (χ0) is 14.0. The molecule has 0 aliphatic carbocycles. The Balaban J connectivity index is 1.96. The Labute approximate surface area is 111 Å². The Kier molecular flexibility index (Phi) is 3.57. The van der Waals surface area contributed by atoms with Crippen molar-refractivity contribution in [2.24, 2.45) is 0 Å². The lowest BCUT2D eigenvalue weighted by molar-refractivity contribution is -0.136. The number of benzene rings is 1. The van der Waals surface area contributed by atoms with Gasteiger partial charge in [-0.15, -0.1) is 0 Å². The fraction of sp³-hybridized carbons (Fsp3) is 0.429. The minimum absolute atomic E-state index is 0.371. The van der Waals surface area contributed by atoms with Gasteiger partial charge in [0, 0.05) is 13.5 Å². The van der Waals surface area contributed by atoms with Crippen molar-refractivity contribution < 1.29 is 14.3 Å². The first-order valence-electron chi connectivity index (χ1n) is 6.23. The van der Waals surface area contributed by atoms with Crippen molar-refractivity contribution in [2.75, 3.05) is 6.54 Å². The van der Waals surface area contributed by atoms with E-state index in [-0.39, 0.29) is 5.91 Å². The summed E-state index contributed by atoms with van der Waals surface area (Å²) >= 11 is 0. The van der Waals surface area contributed by atoms with Gasteiger partial charge in [-0.1, -0.05) is 6.07 Å². The van der Waals surface area contributed by atoms with Gasteiger partial charge in [-0.2, -0.15) is 0 Å². The number of aliphatic hydroxyl groups is 1. The second kappa shape index (κ2) is 5.01. The van der Waals surface area contributed by atoms with Gasteiger partial charge in [0.25, 0.3) is 5.91 Å². The highest BCUT2D eigenvalue weighted by Gasteiger charge is 2.22. The number of carbonyl (C=O) groups excluding carboxylic acids is 1. The fourth-order valence-corrected chi connectivity index (χ4v) is 1.78. The van der Waals surface area contributed by atoms with E-state index in [2.05, 4.69) is 10.3 Å². The zero-order valence-electron chi connectivity index (χ0n) is 11.4. The van der Waals surface area contributed by atoms with Crippen molar-refractivity contribution in [1.29, 1.82) is 0 Å². The van der Waals surface area contributed by atoms with Crippen LogP contribution in [0.1, 0.15) is 25.3 Å². The zero-order valence-corrected chi connectivity index (χ0v) is 11.4. The molecule has 0 atom stereocenters. The van der Waals surface area contributed by atoms with Crippen LogP contribution in [-0.2, 0) is 11.2 Å². The number of hydrogen-bond acceptors (Lipinski definition) is 4. The van der Waals surface area contributed by atoms with Crippen molar-refractivity contribution in [1.82, 2.24) is 10.3 Å². The molecule has 0 aliphatic rings. The second-order valence-electron chi connectivity index (χ2n) is 5.10. The summed E-state index contributed by atoms with van der Waals surface area (Å²) in [5.74, 6) is 0.270. The molecule has 1 heterocycles. The van der Waals surface area contributed by atoms with Crippen LogP contribution in [0.3, 0.4) is 0 Å². The third-order valence-corrected chi connectivity index (χ3v) is 2.81. The van der Waals surface area contributed by atoms with E-state index in [1.54, 1.807) is 0 Å². The predicted molar refractivity (Wildman–Crippen MR) is 71.8 cm³/mol. The SMILES string of the molecule is Cc1nc2ccc(CCNC(=O)C(C)(C)O)cc2o1. The average molecular weight is 262 g/mol. The van der Waals surface area contributed by atoms with Gasteiger partial charge in [-0.05, 0) is 38.0 Å². The summed E-state index contributed by atoms with van der Waals surface area (Å²) in [5.41, 5.74) is 1.30. The lowest BCUT2D eigenvalue weighted by atomic mass is 10.1. The third-order valence-electron chi connectivity index (χ3n) is 2.81. The lowest BCUT2D eigenvalue weighted by Gasteiger charge is -2.16. The van der Waals surface area contributed by atoms with Crippen LogP contribution in [0.25, 0.3) is 11.1 Å². The summed E-state index contributed by atoms with van der Waals surface area (Å²) in [5, 5.41) is 12.2. The summed E-state index contributed by atoms with van der Waals surface area (Å²) in [6.45, 7) is 5.21. The molecule has 0 spiro atoms. The molecular weight excluding hydrogens is 244 g/mol. The van der Waals surface area contributed by atoms with Gasteiger partial charge in [0.2, 0.25) is 0 Å². The van der Waals surface area contributed by atoms with Crippen molar-refractivity contribution in [3.8, 4) is 0 Å². The highest BCUT2D eigenvalue weighted by Crippen LogP contribution is 2.17. The molecule has 1 amide bonds. The molecule has 19 heavy (non-hydrogen) atoms. The number of aromatic nitrogens is 1. The lowest BCUT2D eigenvalue weighted by Crippen LogP contribution is -2.42. The highest BCUT2D eigenvalue weighted by atomic mass is 16.3. The summed E-state index contributed by atoms with van der Waals surface area (Å²) in [7, 11) is 0. The maximum absolute atomic E-state index is 11.5. The largest absolute Gasteiger partial charge is 0.441 e. The topological polar surface area (TPSA) is 75.4 Å². The molecule has 0 unspecified atom stereocenters. The van der Waals surface area contributed by atoms with Gasteiger partial charge < -0.3 is 14.8 Å². The van der Waals surface area contributed by atoms with Crippen LogP contribution in [0.5, 0.6) is 0 Å². The molecule has 0 bridgehead atoms. The van der Waals surface area contributed by atoms with Gasteiger partial charge in [-0.25, -0.2) is 4.98 Å². The first-order chi connectivity index (χ1) is 8.86. The molecule has 2 rings (SSSR count). The number of nitrogens with one attached hydrogen (secondary N) is 1. The summed E-state index contributed by atoms with van der Waals surface area (Å²) in [6.07, 6.45) is 0.678. The standard InChI is InChI=1S/C14H18N2O3/c1-9-16-11-5-4-10(8-12(11)19-9)6-7-15-13(17)14(2,3)18/h4-5,8,18H,6-7H2,1-3H3,(H,15,17). The fourth-order valence-electron chi connectivity index (χ4n) is 1.78. The van der Waals surface area contributed by atoms with Crippen LogP contribution >= 0.6 is 0 Å². The first-order valence-corrected chi connectivity index (χ1v) is 6.23. The van der Waals surface area contributed by atoms with Crippen LogP contribution in [0.2, 0.25) is 0 Å². The molecule has 5 heteroatoms. The summed E-state index contributed by atoms with van der Waals surface area (Å²) in [6, 6.07) is 5.78. The van der Waals surface area contributed by atoms with Crippen LogP contribution in [0.15, 0.2) is 22.6 Å². The Morgan fingerprint density at radius 3 is 2.89 bits per heavy atom. The van der Waals surface area contributed by atoms with Gasteiger partial charge in [0.15, 0.2) is 11.5 Å². The number of amides is 1. The quantitative estimate of drug-likeness (QED) is 0.877. The van der Waals surface area contributed by atoms with E-state index < -0.39 is 5.60 Å². The molecule has 0 saturated carbocycles. The number of aryl methyl sites for hydroxylation is 1. The summed E-state index contributed by atoms with van der Waals surface area (Å²) in [4.78, 5) is 15.7. The Bertz CT molecular complexity index is 596. The number of rotatable bonds is 4. The van der Waals surface area contributed by atoms with Gasteiger partial charge in [0.1, 0.15) is 11.1 Å². The van der Waals surface area contributed by atoms with Crippen LogP contribution in [-0.4, -0.2) is 28.1 Å². The van der Waals surface area contributed by atoms with Crippen molar-refractivity contribution in [3.05, 3.63) is 29.7 Å². The van der Waals surface area contributed by atoms with E-state index in [0.717, 1.165) is 16.7 Å². The predicted octanol–water partition coefficient (Wildman–Crippen LogP) is 1.57. The second-order valence-corrected chi connectivity index (χ2v) is 5.10. The first kappa shape index (κ1) is 13.5. The molecule has 2 aromatic rings. The third kappa shape index (κ3) is 3.32. The molecular formula is C14H18N2O3. The smallest absolute Gasteiger partial charge is 0.251 e. The normalized spacial score (nSPS) is 11.8. The number of hydrogen-bond donors (Lipinski definition) is 2. The molecule has 2 N–H and O–H groups in total. The monoisotopic (exact) mass is 262 g/mol.